The van der Waals surface area contributed by atoms with Crippen molar-refractivity contribution in [2.45, 2.75) is 20.1 Å². The Bertz CT molecular complexity index is 998. The SMILES string of the molecule is Cc1nc(COc2cccc(/C=C/C(=O)NCc3ccnc(N(C)C)c3)c2)cs1. The highest BCUT2D eigenvalue weighted by Gasteiger charge is 2.02. The fraction of sp³-hybridized carbons (Fsp3) is 0.227. The smallest absolute Gasteiger partial charge is 0.244 e. The molecule has 6 nitrogen and oxygen atoms in total. The molecule has 2 aromatic heterocycles. The first-order chi connectivity index (χ1) is 14.0. The van der Waals surface area contributed by atoms with E-state index in [4.69, 9.17) is 4.74 Å². The van der Waals surface area contributed by atoms with Crippen LogP contribution in [0.1, 0.15) is 21.8 Å². The summed E-state index contributed by atoms with van der Waals surface area (Å²) in [5, 5.41) is 5.91. The zero-order chi connectivity index (χ0) is 20.6. The molecule has 3 rings (SSSR count). The molecular weight excluding hydrogens is 384 g/mol. The van der Waals surface area contributed by atoms with E-state index in [2.05, 4.69) is 15.3 Å². The quantitative estimate of drug-likeness (QED) is 0.574. The second kappa shape index (κ2) is 9.84. The molecule has 2 heterocycles. The van der Waals surface area contributed by atoms with Crippen LogP contribution in [-0.4, -0.2) is 30.0 Å². The zero-order valence-corrected chi connectivity index (χ0v) is 17.6. The number of nitrogens with one attached hydrogen (secondary N) is 1. The Balaban J connectivity index is 1.52. The number of benzene rings is 1. The first-order valence-electron chi connectivity index (χ1n) is 9.21. The van der Waals surface area contributed by atoms with Gasteiger partial charge in [-0.05, 0) is 48.4 Å². The highest BCUT2D eigenvalue weighted by molar-refractivity contribution is 7.09. The summed E-state index contributed by atoms with van der Waals surface area (Å²) < 4.78 is 5.79. The van der Waals surface area contributed by atoms with Crippen LogP contribution in [0.3, 0.4) is 0 Å². The molecule has 0 spiro atoms. The molecule has 0 saturated carbocycles. The molecule has 0 atom stereocenters. The van der Waals surface area contributed by atoms with E-state index in [0.717, 1.165) is 33.4 Å². The van der Waals surface area contributed by atoms with E-state index in [0.29, 0.717) is 13.2 Å². The van der Waals surface area contributed by atoms with Crippen molar-refractivity contribution < 1.29 is 9.53 Å². The van der Waals surface area contributed by atoms with Crippen molar-refractivity contribution in [1.82, 2.24) is 15.3 Å². The summed E-state index contributed by atoms with van der Waals surface area (Å²) in [4.78, 5) is 22.7. The van der Waals surface area contributed by atoms with Crippen LogP contribution in [0.25, 0.3) is 6.08 Å². The van der Waals surface area contributed by atoms with Gasteiger partial charge in [0.15, 0.2) is 0 Å². The van der Waals surface area contributed by atoms with Crippen LogP contribution in [0, 0.1) is 6.92 Å². The van der Waals surface area contributed by atoms with E-state index in [1.807, 2.05) is 67.7 Å². The summed E-state index contributed by atoms with van der Waals surface area (Å²) in [5.41, 5.74) is 2.81. The predicted molar refractivity (Wildman–Crippen MR) is 117 cm³/mol. The molecule has 0 radical (unpaired) electrons. The number of hydrogen-bond donors (Lipinski definition) is 1. The van der Waals surface area contributed by atoms with Crippen molar-refractivity contribution in [2.75, 3.05) is 19.0 Å². The number of amides is 1. The van der Waals surface area contributed by atoms with Gasteiger partial charge in [-0.2, -0.15) is 0 Å². The molecule has 1 N–H and O–H groups in total. The predicted octanol–water partition coefficient (Wildman–Crippen LogP) is 3.82. The van der Waals surface area contributed by atoms with Crippen LogP contribution in [0.5, 0.6) is 5.75 Å². The van der Waals surface area contributed by atoms with Gasteiger partial charge in [0.1, 0.15) is 18.2 Å². The van der Waals surface area contributed by atoms with Gasteiger partial charge in [-0.15, -0.1) is 11.3 Å². The average molecular weight is 409 g/mol. The molecule has 0 aliphatic rings. The van der Waals surface area contributed by atoms with E-state index in [1.165, 1.54) is 6.08 Å². The highest BCUT2D eigenvalue weighted by atomic mass is 32.1. The number of aromatic nitrogens is 2. The van der Waals surface area contributed by atoms with Crippen molar-refractivity contribution in [1.29, 1.82) is 0 Å². The first-order valence-corrected chi connectivity index (χ1v) is 10.1. The van der Waals surface area contributed by atoms with Crippen molar-refractivity contribution in [3.8, 4) is 5.75 Å². The maximum absolute atomic E-state index is 12.1. The van der Waals surface area contributed by atoms with Crippen LogP contribution >= 0.6 is 11.3 Å². The van der Waals surface area contributed by atoms with E-state index in [9.17, 15) is 4.79 Å². The number of nitrogens with zero attached hydrogens (tertiary/aromatic N) is 3. The van der Waals surface area contributed by atoms with E-state index in [1.54, 1.807) is 23.6 Å². The number of pyridine rings is 1. The summed E-state index contributed by atoms with van der Waals surface area (Å²) in [6.07, 6.45) is 5.04. The number of carbonyl (C=O) groups is 1. The summed E-state index contributed by atoms with van der Waals surface area (Å²) in [6, 6.07) is 11.5. The highest BCUT2D eigenvalue weighted by Crippen LogP contribution is 2.17. The molecule has 0 aliphatic heterocycles. The second-order valence-corrected chi connectivity index (χ2v) is 7.75. The van der Waals surface area contributed by atoms with Crippen molar-refractivity contribution in [3.63, 3.8) is 0 Å². The molecular formula is C22H24N4O2S. The lowest BCUT2D eigenvalue weighted by molar-refractivity contribution is -0.116. The minimum atomic E-state index is -0.155. The molecule has 7 heteroatoms. The number of thiazole rings is 1. The van der Waals surface area contributed by atoms with Gasteiger partial charge in [-0.25, -0.2) is 9.97 Å². The standard InChI is InChI=1S/C22H24N4O2S/c1-16-25-19(15-29-16)14-28-20-6-4-5-17(11-20)7-8-22(27)24-13-18-9-10-23-21(12-18)26(2)3/h4-12,15H,13-14H2,1-3H3,(H,24,27)/b8-7+. The normalized spacial score (nSPS) is 10.9. The van der Waals surface area contributed by atoms with Crippen LogP contribution < -0.4 is 15.0 Å². The van der Waals surface area contributed by atoms with Gasteiger partial charge >= 0.3 is 0 Å². The summed E-state index contributed by atoms with van der Waals surface area (Å²) in [6.45, 7) is 2.85. The van der Waals surface area contributed by atoms with Crippen LogP contribution in [0.4, 0.5) is 5.82 Å². The van der Waals surface area contributed by atoms with Gasteiger partial charge in [-0.1, -0.05) is 12.1 Å². The lowest BCUT2D eigenvalue weighted by Crippen LogP contribution is -2.20. The van der Waals surface area contributed by atoms with Gasteiger partial charge in [0, 0.05) is 38.3 Å². The van der Waals surface area contributed by atoms with Gasteiger partial charge < -0.3 is 15.0 Å². The fourth-order valence-corrected chi connectivity index (χ4v) is 3.17. The van der Waals surface area contributed by atoms with Crippen molar-refractivity contribution in [2.24, 2.45) is 0 Å². The topological polar surface area (TPSA) is 67.3 Å². The summed E-state index contributed by atoms with van der Waals surface area (Å²) in [5.74, 6) is 1.45. The zero-order valence-electron chi connectivity index (χ0n) is 16.8. The first kappa shape index (κ1) is 20.5. The molecule has 1 amide bonds. The minimum Gasteiger partial charge on any atom is -0.487 e. The van der Waals surface area contributed by atoms with E-state index in [-0.39, 0.29) is 5.91 Å². The maximum Gasteiger partial charge on any atom is 0.244 e. The Morgan fingerprint density at radius 3 is 2.90 bits per heavy atom. The lowest BCUT2D eigenvalue weighted by atomic mass is 10.2. The third-order valence-corrected chi connectivity index (χ3v) is 4.90. The molecule has 0 bridgehead atoms. The number of aryl methyl sites for hydroxylation is 1. The number of hydrogen-bond acceptors (Lipinski definition) is 6. The molecule has 150 valence electrons. The maximum atomic E-state index is 12.1. The average Bonchev–Trinajstić information content (AvgIpc) is 3.15. The Hall–Kier alpha value is -3.19. The molecule has 29 heavy (non-hydrogen) atoms. The van der Waals surface area contributed by atoms with Gasteiger partial charge in [0.05, 0.1) is 10.7 Å². The molecule has 0 unspecified atom stereocenters. The third-order valence-electron chi connectivity index (χ3n) is 4.07. The lowest BCUT2D eigenvalue weighted by Gasteiger charge is -2.12. The minimum absolute atomic E-state index is 0.155. The number of anilines is 1. The Labute approximate surface area is 174 Å². The van der Waals surface area contributed by atoms with E-state index >= 15 is 0 Å². The van der Waals surface area contributed by atoms with Gasteiger partial charge in [0.2, 0.25) is 5.91 Å². The Morgan fingerprint density at radius 2 is 2.14 bits per heavy atom. The largest absolute Gasteiger partial charge is 0.487 e. The number of rotatable bonds is 8. The second-order valence-electron chi connectivity index (χ2n) is 6.69. The fourth-order valence-electron chi connectivity index (χ4n) is 2.57. The van der Waals surface area contributed by atoms with Crippen molar-refractivity contribution >= 4 is 29.1 Å². The van der Waals surface area contributed by atoms with Gasteiger partial charge in [-0.3, -0.25) is 4.79 Å². The third kappa shape index (κ3) is 6.43. The molecule has 0 fully saturated rings. The summed E-state index contributed by atoms with van der Waals surface area (Å²) >= 11 is 1.61. The molecule has 3 aromatic rings. The molecule has 0 saturated heterocycles. The summed E-state index contributed by atoms with van der Waals surface area (Å²) in [7, 11) is 3.87. The molecule has 0 aliphatic carbocycles. The van der Waals surface area contributed by atoms with Gasteiger partial charge in [0.25, 0.3) is 0 Å². The molecule has 1 aromatic carbocycles. The van der Waals surface area contributed by atoms with E-state index < -0.39 is 0 Å². The Morgan fingerprint density at radius 1 is 1.28 bits per heavy atom. The number of carbonyl (C=O) groups excluding carboxylic acids is 1. The van der Waals surface area contributed by atoms with Crippen molar-refractivity contribution in [3.05, 3.63) is 75.9 Å². The Kier molecular flexibility index (Phi) is 6.97. The monoisotopic (exact) mass is 408 g/mol. The number of ether oxygens (including phenoxy) is 1. The van der Waals surface area contributed by atoms with Crippen LogP contribution in [0.2, 0.25) is 0 Å². The van der Waals surface area contributed by atoms with Crippen LogP contribution in [0.15, 0.2) is 54.1 Å². The van der Waals surface area contributed by atoms with Crippen LogP contribution in [-0.2, 0) is 17.9 Å².